The zero-order valence-electron chi connectivity index (χ0n) is 12.0. The zero-order valence-corrected chi connectivity index (χ0v) is 12.0. The molecule has 1 unspecified atom stereocenters. The molecule has 0 aliphatic heterocycles. The van der Waals surface area contributed by atoms with E-state index in [0.717, 1.165) is 30.5 Å². The van der Waals surface area contributed by atoms with Crippen molar-refractivity contribution in [2.75, 3.05) is 5.32 Å². The summed E-state index contributed by atoms with van der Waals surface area (Å²) in [6.07, 6.45) is 3.53. The van der Waals surface area contributed by atoms with E-state index in [0.29, 0.717) is 6.04 Å². The topological polar surface area (TPSA) is 55.1 Å². The van der Waals surface area contributed by atoms with Crippen molar-refractivity contribution in [1.82, 2.24) is 0 Å². The third-order valence-corrected chi connectivity index (χ3v) is 4.09. The number of para-hydroxylation sites is 1. The summed E-state index contributed by atoms with van der Waals surface area (Å²) in [5.74, 6) is -0.293. The molecular weight excluding hydrogens is 260 g/mol. The minimum atomic E-state index is -0.293. The molecule has 0 fully saturated rings. The van der Waals surface area contributed by atoms with Crippen LogP contribution in [-0.2, 0) is 24.1 Å². The van der Waals surface area contributed by atoms with Gasteiger partial charge in [-0.15, -0.1) is 0 Å². The third kappa shape index (κ3) is 3.24. The molecule has 2 aromatic carbocycles. The van der Waals surface area contributed by atoms with Crippen molar-refractivity contribution in [3.63, 3.8) is 0 Å². The van der Waals surface area contributed by atoms with Crippen LogP contribution in [0.5, 0.6) is 0 Å². The molecule has 0 saturated carbocycles. The molecular formula is C18H20N2O. The Hall–Kier alpha value is -2.29. The summed E-state index contributed by atoms with van der Waals surface area (Å²) >= 11 is 0. The number of carbonyl (C=O) groups is 1. The van der Waals surface area contributed by atoms with Crippen molar-refractivity contribution < 1.29 is 4.79 Å². The average Bonchev–Trinajstić information content (AvgIpc) is 2.49. The lowest BCUT2D eigenvalue weighted by Crippen LogP contribution is -2.28. The number of nitrogens with one attached hydrogen (secondary N) is 1. The average molecular weight is 280 g/mol. The second kappa shape index (κ2) is 6.00. The van der Waals surface area contributed by atoms with E-state index in [1.807, 2.05) is 24.3 Å². The number of primary amides is 1. The standard InChI is InChI=1S/C18H20N2O/c19-18(21)12-15-7-3-4-8-17(15)20-16-10-9-13-5-1-2-6-14(13)11-16/h1-8,16,20H,9-12H2,(H2,19,21). The Morgan fingerprint density at radius 1 is 1.10 bits per heavy atom. The van der Waals surface area contributed by atoms with Crippen LogP contribution in [-0.4, -0.2) is 11.9 Å². The predicted molar refractivity (Wildman–Crippen MR) is 85.2 cm³/mol. The molecule has 0 aromatic heterocycles. The van der Waals surface area contributed by atoms with Gasteiger partial charge in [-0.1, -0.05) is 42.5 Å². The Balaban J connectivity index is 1.75. The largest absolute Gasteiger partial charge is 0.382 e. The first-order valence-electron chi connectivity index (χ1n) is 7.42. The van der Waals surface area contributed by atoms with Gasteiger partial charge < -0.3 is 11.1 Å². The Morgan fingerprint density at radius 3 is 2.62 bits per heavy atom. The molecule has 1 aliphatic carbocycles. The van der Waals surface area contributed by atoms with Crippen molar-refractivity contribution in [3.8, 4) is 0 Å². The van der Waals surface area contributed by atoms with Gasteiger partial charge in [-0.3, -0.25) is 4.79 Å². The number of nitrogens with two attached hydrogens (primary N) is 1. The van der Waals surface area contributed by atoms with Gasteiger partial charge in [-0.25, -0.2) is 0 Å². The molecule has 1 aliphatic rings. The summed E-state index contributed by atoms with van der Waals surface area (Å²) in [7, 11) is 0. The van der Waals surface area contributed by atoms with Gasteiger partial charge in [0.2, 0.25) is 5.91 Å². The van der Waals surface area contributed by atoms with Gasteiger partial charge in [0.05, 0.1) is 6.42 Å². The molecule has 0 heterocycles. The lowest BCUT2D eigenvalue weighted by molar-refractivity contribution is -0.117. The summed E-state index contributed by atoms with van der Waals surface area (Å²) in [5.41, 5.74) is 10.2. The highest BCUT2D eigenvalue weighted by molar-refractivity contribution is 5.78. The van der Waals surface area contributed by atoms with Crippen LogP contribution >= 0.6 is 0 Å². The van der Waals surface area contributed by atoms with Gasteiger partial charge in [0.25, 0.3) is 0 Å². The monoisotopic (exact) mass is 280 g/mol. The quantitative estimate of drug-likeness (QED) is 0.904. The van der Waals surface area contributed by atoms with E-state index in [4.69, 9.17) is 5.73 Å². The molecule has 0 bridgehead atoms. The van der Waals surface area contributed by atoms with Gasteiger partial charge in [-0.2, -0.15) is 0 Å². The molecule has 3 heteroatoms. The smallest absolute Gasteiger partial charge is 0.221 e. The van der Waals surface area contributed by atoms with Crippen molar-refractivity contribution in [1.29, 1.82) is 0 Å². The van der Waals surface area contributed by atoms with Crippen molar-refractivity contribution in [2.24, 2.45) is 5.73 Å². The number of benzene rings is 2. The third-order valence-electron chi connectivity index (χ3n) is 4.09. The van der Waals surface area contributed by atoms with E-state index in [2.05, 4.69) is 29.6 Å². The molecule has 3 N–H and O–H groups in total. The molecule has 1 atom stereocenters. The highest BCUT2D eigenvalue weighted by atomic mass is 16.1. The van der Waals surface area contributed by atoms with Gasteiger partial charge >= 0.3 is 0 Å². The Morgan fingerprint density at radius 2 is 1.81 bits per heavy atom. The molecule has 3 nitrogen and oxygen atoms in total. The summed E-state index contributed by atoms with van der Waals surface area (Å²) in [4.78, 5) is 11.2. The molecule has 0 radical (unpaired) electrons. The summed E-state index contributed by atoms with van der Waals surface area (Å²) in [6.45, 7) is 0. The second-order valence-electron chi connectivity index (χ2n) is 5.65. The summed E-state index contributed by atoms with van der Waals surface area (Å²) in [6, 6.07) is 17.0. The van der Waals surface area contributed by atoms with Crippen LogP contribution in [0, 0.1) is 0 Å². The van der Waals surface area contributed by atoms with E-state index in [1.54, 1.807) is 0 Å². The first kappa shape index (κ1) is 13.7. The summed E-state index contributed by atoms with van der Waals surface area (Å²) in [5, 5.41) is 3.59. The molecule has 0 spiro atoms. The summed E-state index contributed by atoms with van der Waals surface area (Å²) < 4.78 is 0. The van der Waals surface area contributed by atoms with E-state index in [9.17, 15) is 4.79 Å². The number of anilines is 1. The van der Waals surface area contributed by atoms with Gasteiger partial charge in [0.15, 0.2) is 0 Å². The van der Waals surface area contributed by atoms with Crippen molar-refractivity contribution in [2.45, 2.75) is 31.7 Å². The maximum Gasteiger partial charge on any atom is 0.221 e. The molecule has 0 saturated heterocycles. The maximum absolute atomic E-state index is 11.2. The lowest BCUT2D eigenvalue weighted by atomic mass is 9.88. The van der Waals surface area contributed by atoms with Crippen LogP contribution in [0.15, 0.2) is 48.5 Å². The number of amides is 1. The maximum atomic E-state index is 11.2. The Labute approximate surface area is 125 Å². The van der Waals surface area contributed by atoms with Crippen LogP contribution in [0.2, 0.25) is 0 Å². The zero-order chi connectivity index (χ0) is 14.7. The minimum Gasteiger partial charge on any atom is -0.382 e. The van der Waals surface area contributed by atoms with Crippen LogP contribution in [0.4, 0.5) is 5.69 Å². The first-order chi connectivity index (χ1) is 10.2. The molecule has 2 aromatic rings. The normalized spacial score (nSPS) is 17.0. The van der Waals surface area contributed by atoms with Crippen LogP contribution in [0.1, 0.15) is 23.1 Å². The SMILES string of the molecule is NC(=O)Cc1ccccc1NC1CCc2ccccc2C1. The minimum absolute atomic E-state index is 0.284. The van der Waals surface area contributed by atoms with Gasteiger partial charge in [-0.05, 0) is 42.0 Å². The Kier molecular flexibility index (Phi) is 3.91. The fourth-order valence-corrected chi connectivity index (χ4v) is 3.04. The van der Waals surface area contributed by atoms with E-state index in [-0.39, 0.29) is 12.3 Å². The van der Waals surface area contributed by atoms with Crippen LogP contribution < -0.4 is 11.1 Å². The first-order valence-corrected chi connectivity index (χ1v) is 7.42. The van der Waals surface area contributed by atoms with E-state index >= 15 is 0 Å². The molecule has 21 heavy (non-hydrogen) atoms. The Bertz CT molecular complexity index is 651. The fourth-order valence-electron chi connectivity index (χ4n) is 3.04. The van der Waals surface area contributed by atoms with Crippen LogP contribution in [0.3, 0.4) is 0 Å². The number of fused-ring (bicyclic) bond motifs is 1. The van der Waals surface area contributed by atoms with Crippen molar-refractivity contribution in [3.05, 3.63) is 65.2 Å². The predicted octanol–water partition coefficient (Wildman–Crippen LogP) is 2.68. The number of hydrogen-bond acceptors (Lipinski definition) is 2. The molecule has 3 rings (SSSR count). The number of hydrogen-bond donors (Lipinski definition) is 2. The number of rotatable bonds is 4. The highest BCUT2D eigenvalue weighted by Crippen LogP contribution is 2.25. The molecule has 1 amide bonds. The number of aryl methyl sites for hydroxylation is 1. The van der Waals surface area contributed by atoms with Gasteiger partial charge in [0, 0.05) is 11.7 Å². The number of carbonyl (C=O) groups excluding carboxylic acids is 1. The highest BCUT2D eigenvalue weighted by Gasteiger charge is 2.18. The lowest BCUT2D eigenvalue weighted by Gasteiger charge is -2.27. The van der Waals surface area contributed by atoms with Crippen LogP contribution in [0.25, 0.3) is 0 Å². The fraction of sp³-hybridized carbons (Fsp3) is 0.278. The second-order valence-corrected chi connectivity index (χ2v) is 5.65. The van der Waals surface area contributed by atoms with E-state index < -0.39 is 0 Å². The van der Waals surface area contributed by atoms with Crippen molar-refractivity contribution >= 4 is 11.6 Å². The molecule has 108 valence electrons. The van der Waals surface area contributed by atoms with E-state index in [1.165, 1.54) is 11.1 Å². The van der Waals surface area contributed by atoms with Gasteiger partial charge in [0.1, 0.15) is 0 Å².